The maximum Gasteiger partial charge on any atom is 0.150 e. The topological polar surface area (TPSA) is 47.7 Å². The van der Waals surface area contributed by atoms with E-state index in [1.807, 2.05) is 13.0 Å². The zero-order valence-corrected chi connectivity index (χ0v) is 12.2. The van der Waals surface area contributed by atoms with E-state index >= 15 is 0 Å². The first-order valence-electron chi connectivity index (χ1n) is 7.67. The fourth-order valence-electron chi connectivity index (χ4n) is 2.96. The van der Waals surface area contributed by atoms with Gasteiger partial charge in [0.2, 0.25) is 0 Å². The van der Waals surface area contributed by atoms with E-state index in [2.05, 4.69) is 10.1 Å². The van der Waals surface area contributed by atoms with Crippen LogP contribution in [0.5, 0.6) is 0 Å². The van der Waals surface area contributed by atoms with Gasteiger partial charge in [0.25, 0.3) is 0 Å². The average Bonchev–Trinajstić information content (AvgIpc) is 3.10. The zero-order chi connectivity index (χ0) is 13.8. The molecule has 3 rings (SSSR count). The highest BCUT2D eigenvalue weighted by atomic mass is 16.5. The van der Waals surface area contributed by atoms with Gasteiger partial charge in [0.1, 0.15) is 0 Å². The third-order valence-electron chi connectivity index (χ3n) is 4.13. The Balaban J connectivity index is 1.36. The van der Waals surface area contributed by atoms with Gasteiger partial charge in [-0.1, -0.05) is 5.16 Å². The second kappa shape index (κ2) is 6.70. The Bertz CT molecular complexity index is 407. The molecule has 1 aromatic rings. The lowest BCUT2D eigenvalue weighted by Crippen LogP contribution is -2.37. The molecule has 0 bridgehead atoms. The van der Waals surface area contributed by atoms with E-state index in [9.17, 15) is 0 Å². The predicted octanol–water partition coefficient (Wildman–Crippen LogP) is 2.14. The fourth-order valence-corrected chi connectivity index (χ4v) is 2.96. The molecule has 0 aliphatic carbocycles. The maximum atomic E-state index is 5.98. The molecule has 20 heavy (non-hydrogen) atoms. The molecule has 0 amide bonds. The van der Waals surface area contributed by atoms with Gasteiger partial charge in [-0.25, -0.2) is 0 Å². The molecule has 0 radical (unpaired) electrons. The Morgan fingerprint density at radius 1 is 1.35 bits per heavy atom. The molecule has 1 atom stereocenters. The third kappa shape index (κ3) is 3.81. The number of hydrogen-bond acceptors (Lipinski definition) is 5. The minimum atomic E-state index is 0.338. The maximum absolute atomic E-state index is 5.98. The number of rotatable bonds is 5. The molecule has 1 aromatic heterocycles. The summed E-state index contributed by atoms with van der Waals surface area (Å²) in [5, 5.41) is 3.93. The molecule has 0 unspecified atom stereocenters. The Morgan fingerprint density at radius 3 is 2.85 bits per heavy atom. The Kier molecular flexibility index (Phi) is 4.70. The van der Waals surface area contributed by atoms with Gasteiger partial charge in [0, 0.05) is 25.8 Å². The molecule has 2 fully saturated rings. The first-order chi connectivity index (χ1) is 9.79. The van der Waals surface area contributed by atoms with Crippen LogP contribution in [0.2, 0.25) is 0 Å². The summed E-state index contributed by atoms with van der Waals surface area (Å²) < 4.78 is 16.8. The van der Waals surface area contributed by atoms with Gasteiger partial charge in [0.15, 0.2) is 5.76 Å². The summed E-state index contributed by atoms with van der Waals surface area (Å²) in [5.74, 6) is 0.959. The third-order valence-corrected chi connectivity index (χ3v) is 4.13. The Labute approximate surface area is 120 Å². The minimum Gasteiger partial charge on any atom is -0.376 e. The second-order valence-corrected chi connectivity index (χ2v) is 5.88. The molecular formula is C15H24N2O3. The fraction of sp³-hybridized carbons (Fsp3) is 0.800. The van der Waals surface area contributed by atoms with Crippen LogP contribution in [-0.4, -0.2) is 48.6 Å². The molecule has 0 saturated carbocycles. The number of ether oxygens (including phenoxy) is 2. The number of hydrogen-bond donors (Lipinski definition) is 0. The predicted molar refractivity (Wildman–Crippen MR) is 74.5 cm³/mol. The van der Waals surface area contributed by atoms with Crippen molar-refractivity contribution in [3.63, 3.8) is 0 Å². The summed E-state index contributed by atoms with van der Waals surface area (Å²) in [6.07, 6.45) is 5.27. The van der Waals surface area contributed by atoms with Crippen LogP contribution in [0.1, 0.15) is 37.1 Å². The lowest BCUT2D eigenvalue weighted by molar-refractivity contribution is -0.0432. The van der Waals surface area contributed by atoms with Gasteiger partial charge in [-0.2, -0.15) is 0 Å². The second-order valence-electron chi connectivity index (χ2n) is 5.88. The smallest absolute Gasteiger partial charge is 0.150 e. The summed E-state index contributed by atoms with van der Waals surface area (Å²) in [6.45, 7) is 6.62. The highest BCUT2D eigenvalue weighted by molar-refractivity contribution is 5.03. The van der Waals surface area contributed by atoms with Gasteiger partial charge in [-0.05, 0) is 32.6 Å². The molecule has 112 valence electrons. The number of piperidine rings is 1. The molecule has 3 heterocycles. The van der Waals surface area contributed by atoms with Crippen molar-refractivity contribution in [3.8, 4) is 0 Å². The van der Waals surface area contributed by atoms with Gasteiger partial charge in [-0.15, -0.1) is 0 Å². The monoisotopic (exact) mass is 280 g/mol. The van der Waals surface area contributed by atoms with Crippen LogP contribution < -0.4 is 0 Å². The molecule has 2 saturated heterocycles. The number of likely N-dealkylation sites (tertiary alicyclic amines) is 1. The van der Waals surface area contributed by atoms with E-state index < -0.39 is 0 Å². The van der Waals surface area contributed by atoms with E-state index in [1.165, 1.54) is 6.42 Å². The average molecular weight is 280 g/mol. The molecule has 2 aliphatic heterocycles. The van der Waals surface area contributed by atoms with Gasteiger partial charge in [0.05, 0.1) is 31.1 Å². The van der Waals surface area contributed by atoms with E-state index in [1.54, 1.807) is 0 Å². The highest BCUT2D eigenvalue weighted by Gasteiger charge is 2.23. The first-order valence-corrected chi connectivity index (χ1v) is 7.67. The van der Waals surface area contributed by atoms with Gasteiger partial charge in [-0.3, -0.25) is 4.90 Å². The molecule has 0 spiro atoms. The normalized spacial score (nSPS) is 25.4. The molecule has 2 aliphatic rings. The van der Waals surface area contributed by atoms with E-state index in [4.69, 9.17) is 14.0 Å². The van der Waals surface area contributed by atoms with Crippen molar-refractivity contribution in [1.82, 2.24) is 10.1 Å². The Morgan fingerprint density at radius 2 is 2.20 bits per heavy atom. The van der Waals surface area contributed by atoms with Crippen LogP contribution in [0.4, 0.5) is 0 Å². The van der Waals surface area contributed by atoms with Crippen molar-refractivity contribution >= 4 is 0 Å². The summed E-state index contributed by atoms with van der Waals surface area (Å²) in [4.78, 5) is 2.41. The van der Waals surface area contributed by atoms with Crippen molar-refractivity contribution < 1.29 is 14.0 Å². The van der Waals surface area contributed by atoms with Crippen molar-refractivity contribution in [2.75, 3.05) is 26.3 Å². The molecule has 5 heteroatoms. The van der Waals surface area contributed by atoms with Crippen LogP contribution in [-0.2, 0) is 16.0 Å². The van der Waals surface area contributed by atoms with Crippen molar-refractivity contribution in [2.24, 2.45) is 0 Å². The number of nitrogens with zero attached hydrogens (tertiary/aromatic N) is 2. The number of aryl methyl sites for hydroxylation is 1. The van der Waals surface area contributed by atoms with Gasteiger partial charge < -0.3 is 14.0 Å². The van der Waals surface area contributed by atoms with Crippen molar-refractivity contribution in [1.29, 1.82) is 0 Å². The quantitative estimate of drug-likeness (QED) is 0.827. The van der Waals surface area contributed by atoms with Crippen LogP contribution in [0, 0.1) is 6.92 Å². The summed E-state index contributed by atoms with van der Waals surface area (Å²) >= 11 is 0. The summed E-state index contributed by atoms with van der Waals surface area (Å²) in [6, 6.07) is 2.01. The van der Waals surface area contributed by atoms with Crippen molar-refractivity contribution in [2.45, 2.75) is 51.4 Å². The lowest BCUT2D eigenvalue weighted by atomic mass is 10.1. The summed E-state index contributed by atoms with van der Waals surface area (Å²) in [5.41, 5.74) is 0.954. The van der Waals surface area contributed by atoms with Crippen LogP contribution in [0.15, 0.2) is 10.6 Å². The van der Waals surface area contributed by atoms with Crippen LogP contribution >= 0.6 is 0 Å². The first kappa shape index (κ1) is 14.0. The SMILES string of the molecule is Cc1cc(CN2CCC(OC[C@@H]3CCCO3)CC2)on1. The molecule has 5 nitrogen and oxygen atoms in total. The van der Waals surface area contributed by atoms with Crippen LogP contribution in [0.25, 0.3) is 0 Å². The standard InChI is InChI=1S/C15H24N2O3/c1-12-9-15(20-16-12)10-17-6-4-13(5-7-17)19-11-14-3-2-8-18-14/h9,13-14H,2-8,10-11H2,1H3/t14-/m0/s1. The van der Waals surface area contributed by atoms with E-state index in [0.717, 1.165) is 63.6 Å². The molecular weight excluding hydrogens is 256 g/mol. The zero-order valence-electron chi connectivity index (χ0n) is 12.2. The van der Waals surface area contributed by atoms with Crippen molar-refractivity contribution in [3.05, 3.63) is 17.5 Å². The summed E-state index contributed by atoms with van der Waals surface area (Å²) in [7, 11) is 0. The van der Waals surface area contributed by atoms with E-state index in [-0.39, 0.29) is 0 Å². The molecule has 0 aromatic carbocycles. The van der Waals surface area contributed by atoms with Gasteiger partial charge >= 0.3 is 0 Å². The highest BCUT2D eigenvalue weighted by Crippen LogP contribution is 2.19. The van der Waals surface area contributed by atoms with Crippen LogP contribution in [0.3, 0.4) is 0 Å². The van der Waals surface area contributed by atoms with E-state index in [0.29, 0.717) is 12.2 Å². The molecule has 0 N–H and O–H groups in total. The largest absolute Gasteiger partial charge is 0.376 e. The Hall–Kier alpha value is -0.910. The number of aromatic nitrogens is 1. The minimum absolute atomic E-state index is 0.338. The lowest BCUT2D eigenvalue weighted by Gasteiger charge is -2.31.